The van der Waals surface area contributed by atoms with Crippen molar-refractivity contribution in [2.75, 3.05) is 7.11 Å². The first-order chi connectivity index (χ1) is 9.51. The average Bonchev–Trinajstić information content (AvgIpc) is 2.41. The Kier molecular flexibility index (Phi) is 4.52. The second-order valence-electron chi connectivity index (χ2n) is 3.95. The normalized spacial score (nSPS) is 10.2. The first-order valence-electron chi connectivity index (χ1n) is 5.66. The molecule has 0 aliphatic carbocycles. The van der Waals surface area contributed by atoms with Gasteiger partial charge in [0.05, 0.1) is 17.1 Å². The fraction of sp³-hybridized carbons (Fsp3) is 0.0714. The van der Waals surface area contributed by atoms with Gasteiger partial charge in [0.15, 0.2) is 0 Å². The maximum absolute atomic E-state index is 7.58. The number of nitrogen functional groups attached to an aromatic ring is 1. The molecular weight excluding hydrogens is 344 g/mol. The Bertz CT molecular complexity index is 662. The maximum Gasteiger partial charge on any atom is 0.142 e. The minimum Gasteiger partial charge on any atom is -0.497 e. The van der Waals surface area contributed by atoms with Gasteiger partial charge in [-0.1, -0.05) is 11.6 Å². The van der Waals surface area contributed by atoms with E-state index in [0.29, 0.717) is 32.3 Å². The molecule has 0 radical (unpaired) electrons. The number of rotatable bonds is 4. The first-order valence-corrected chi connectivity index (χ1v) is 6.83. The van der Waals surface area contributed by atoms with Gasteiger partial charge in [0.2, 0.25) is 0 Å². The number of benzene rings is 2. The molecule has 6 heteroatoms. The second kappa shape index (κ2) is 6.15. The van der Waals surface area contributed by atoms with Gasteiger partial charge in [-0.2, -0.15) is 0 Å². The van der Waals surface area contributed by atoms with Gasteiger partial charge in [-0.05, 0) is 46.3 Å². The van der Waals surface area contributed by atoms with Crippen LogP contribution in [0.1, 0.15) is 5.56 Å². The zero-order valence-electron chi connectivity index (χ0n) is 10.6. The Morgan fingerprint density at radius 2 is 1.95 bits per heavy atom. The molecule has 20 heavy (non-hydrogen) atoms. The van der Waals surface area contributed by atoms with Crippen LogP contribution in [0.5, 0.6) is 17.2 Å². The highest BCUT2D eigenvalue weighted by molar-refractivity contribution is 9.10. The zero-order chi connectivity index (χ0) is 14.7. The van der Waals surface area contributed by atoms with Crippen LogP contribution in [0.4, 0.5) is 0 Å². The molecule has 0 fully saturated rings. The van der Waals surface area contributed by atoms with E-state index in [-0.39, 0.29) is 5.84 Å². The van der Waals surface area contributed by atoms with Gasteiger partial charge in [-0.25, -0.2) is 0 Å². The van der Waals surface area contributed by atoms with Crippen molar-refractivity contribution in [1.29, 1.82) is 5.41 Å². The number of nitrogens with one attached hydrogen (secondary N) is 1. The van der Waals surface area contributed by atoms with Gasteiger partial charge < -0.3 is 15.2 Å². The van der Waals surface area contributed by atoms with Crippen LogP contribution in [-0.2, 0) is 0 Å². The predicted molar refractivity (Wildman–Crippen MR) is 83.2 cm³/mol. The lowest BCUT2D eigenvalue weighted by Gasteiger charge is -2.13. The van der Waals surface area contributed by atoms with Gasteiger partial charge in [0, 0.05) is 11.1 Å². The molecular formula is C14H12BrClN2O2. The van der Waals surface area contributed by atoms with E-state index in [2.05, 4.69) is 15.9 Å². The van der Waals surface area contributed by atoms with Crippen LogP contribution in [0.25, 0.3) is 0 Å². The van der Waals surface area contributed by atoms with E-state index < -0.39 is 0 Å². The molecule has 0 aliphatic rings. The van der Waals surface area contributed by atoms with Crippen LogP contribution < -0.4 is 15.2 Å². The Hall–Kier alpha value is -1.72. The highest BCUT2D eigenvalue weighted by Crippen LogP contribution is 2.34. The number of hydrogen-bond donors (Lipinski definition) is 2. The van der Waals surface area contributed by atoms with Crippen molar-refractivity contribution in [2.45, 2.75) is 0 Å². The van der Waals surface area contributed by atoms with Crippen molar-refractivity contribution in [3.05, 3.63) is 51.5 Å². The van der Waals surface area contributed by atoms with E-state index in [0.717, 1.165) is 0 Å². The molecule has 0 spiro atoms. The van der Waals surface area contributed by atoms with Gasteiger partial charge >= 0.3 is 0 Å². The highest BCUT2D eigenvalue weighted by atomic mass is 79.9. The molecule has 3 N–H and O–H groups in total. The smallest absolute Gasteiger partial charge is 0.142 e. The summed E-state index contributed by atoms with van der Waals surface area (Å²) in [5.41, 5.74) is 6.04. The SMILES string of the molecule is COc1ccc(C(=N)N)c(Oc2ccc(Cl)cc2Br)c1. The lowest BCUT2D eigenvalue weighted by atomic mass is 10.1. The molecule has 104 valence electrons. The third-order valence-electron chi connectivity index (χ3n) is 2.59. The van der Waals surface area contributed by atoms with E-state index in [1.165, 1.54) is 0 Å². The summed E-state index contributed by atoms with van der Waals surface area (Å²) >= 11 is 9.27. The standard InChI is InChI=1S/C14H12BrClN2O2/c1-19-9-3-4-10(14(17)18)13(7-9)20-12-5-2-8(16)6-11(12)15/h2-7H,1H3,(H3,17,18). The second-order valence-corrected chi connectivity index (χ2v) is 5.24. The van der Waals surface area contributed by atoms with E-state index in [4.69, 9.17) is 32.2 Å². The van der Waals surface area contributed by atoms with Crippen LogP contribution in [-0.4, -0.2) is 12.9 Å². The summed E-state index contributed by atoms with van der Waals surface area (Å²) in [7, 11) is 1.56. The van der Waals surface area contributed by atoms with Gasteiger partial charge in [0.25, 0.3) is 0 Å². The predicted octanol–water partition coefficient (Wildman–Crippen LogP) is 4.19. The van der Waals surface area contributed by atoms with Crippen molar-refractivity contribution in [3.63, 3.8) is 0 Å². The molecule has 2 aromatic rings. The molecule has 0 saturated heterocycles. The van der Waals surface area contributed by atoms with Crippen molar-refractivity contribution < 1.29 is 9.47 Å². The van der Waals surface area contributed by atoms with Crippen LogP contribution in [0.15, 0.2) is 40.9 Å². The minimum absolute atomic E-state index is 0.0762. The molecule has 0 amide bonds. The number of ether oxygens (including phenoxy) is 2. The zero-order valence-corrected chi connectivity index (χ0v) is 13.0. The van der Waals surface area contributed by atoms with Crippen LogP contribution in [0.3, 0.4) is 0 Å². The largest absolute Gasteiger partial charge is 0.497 e. The molecule has 0 bridgehead atoms. The van der Waals surface area contributed by atoms with E-state index in [9.17, 15) is 0 Å². The summed E-state index contributed by atoms with van der Waals surface area (Å²) in [5.74, 6) is 1.56. The molecule has 0 aromatic heterocycles. The third-order valence-corrected chi connectivity index (χ3v) is 3.45. The molecule has 2 rings (SSSR count). The number of methoxy groups -OCH3 is 1. The molecule has 4 nitrogen and oxygen atoms in total. The van der Waals surface area contributed by atoms with Crippen molar-refractivity contribution in [3.8, 4) is 17.2 Å². The molecule has 0 heterocycles. The lowest BCUT2D eigenvalue weighted by Crippen LogP contribution is -2.12. The maximum atomic E-state index is 7.58. The summed E-state index contributed by atoms with van der Waals surface area (Å²) in [4.78, 5) is 0. The molecule has 2 aromatic carbocycles. The van der Waals surface area contributed by atoms with Crippen molar-refractivity contribution >= 4 is 33.4 Å². The van der Waals surface area contributed by atoms with Crippen LogP contribution >= 0.6 is 27.5 Å². The minimum atomic E-state index is -0.0762. The average molecular weight is 356 g/mol. The Morgan fingerprint density at radius 1 is 1.20 bits per heavy atom. The molecule has 0 unspecified atom stereocenters. The lowest BCUT2D eigenvalue weighted by molar-refractivity contribution is 0.408. The monoisotopic (exact) mass is 354 g/mol. The first kappa shape index (κ1) is 14.7. The molecule has 0 saturated carbocycles. The summed E-state index contributed by atoms with van der Waals surface area (Å²) in [6, 6.07) is 10.3. The van der Waals surface area contributed by atoms with Crippen LogP contribution in [0.2, 0.25) is 5.02 Å². The van der Waals surface area contributed by atoms with E-state index in [1.807, 2.05) is 0 Å². The van der Waals surface area contributed by atoms with Gasteiger partial charge in [0.1, 0.15) is 23.1 Å². The fourth-order valence-electron chi connectivity index (χ4n) is 1.61. The quantitative estimate of drug-likeness (QED) is 0.638. The Balaban J connectivity index is 2.43. The summed E-state index contributed by atoms with van der Waals surface area (Å²) in [5, 5.41) is 8.18. The fourth-order valence-corrected chi connectivity index (χ4v) is 2.38. The van der Waals surface area contributed by atoms with E-state index in [1.54, 1.807) is 43.5 Å². The van der Waals surface area contributed by atoms with Crippen LogP contribution in [0, 0.1) is 5.41 Å². The number of halogens is 2. The highest BCUT2D eigenvalue weighted by Gasteiger charge is 2.11. The Labute approximate surface area is 130 Å². The molecule has 0 atom stereocenters. The summed E-state index contributed by atoms with van der Waals surface area (Å²) < 4.78 is 11.7. The number of nitrogens with two attached hydrogens (primary N) is 1. The van der Waals surface area contributed by atoms with Crippen molar-refractivity contribution in [1.82, 2.24) is 0 Å². The number of hydrogen-bond acceptors (Lipinski definition) is 3. The van der Waals surface area contributed by atoms with Gasteiger partial charge in [-0.15, -0.1) is 0 Å². The van der Waals surface area contributed by atoms with E-state index >= 15 is 0 Å². The summed E-state index contributed by atoms with van der Waals surface area (Å²) in [6.07, 6.45) is 0. The molecule has 0 aliphatic heterocycles. The topological polar surface area (TPSA) is 68.3 Å². The third kappa shape index (κ3) is 3.23. The van der Waals surface area contributed by atoms with Crippen molar-refractivity contribution in [2.24, 2.45) is 5.73 Å². The van der Waals surface area contributed by atoms with Gasteiger partial charge in [-0.3, -0.25) is 5.41 Å². The Morgan fingerprint density at radius 3 is 2.55 bits per heavy atom. The number of amidine groups is 1. The summed E-state index contributed by atoms with van der Waals surface area (Å²) in [6.45, 7) is 0.